The van der Waals surface area contributed by atoms with E-state index < -0.39 is 6.23 Å². The molecule has 0 aromatic heterocycles. The molecule has 0 aliphatic carbocycles. The maximum Gasteiger partial charge on any atom is 0.182 e. The maximum atomic E-state index is 8.41. The third-order valence-corrected chi connectivity index (χ3v) is 0.553. The van der Waals surface area contributed by atoms with Crippen molar-refractivity contribution in [3.8, 4) is 0 Å². The van der Waals surface area contributed by atoms with E-state index >= 15 is 0 Å². The van der Waals surface area contributed by atoms with Crippen LogP contribution in [0, 0.1) is 0 Å². The zero-order chi connectivity index (χ0) is 4.41. The highest BCUT2D eigenvalue weighted by Crippen LogP contribution is 1.90. The minimum Gasteiger partial charge on any atom is -0.479 e. The van der Waals surface area contributed by atoms with Gasteiger partial charge in [-0.2, -0.15) is 0 Å². The first-order valence-corrected chi connectivity index (χ1v) is 1.71. The summed E-state index contributed by atoms with van der Waals surface area (Å²) in [6.07, 6.45) is 0.648. The van der Waals surface area contributed by atoms with Crippen molar-refractivity contribution >= 4 is 6.40 Å². The zero-order valence-electron chi connectivity index (χ0n) is 3.16. The predicted octanol–water partition coefficient (Wildman–Crippen LogP) is -0.637. The fraction of sp³-hybridized carbons (Fsp3) is 0.667. The lowest BCUT2D eigenvalue weighted by Gasteiger charge is -1.88. The number of ether oxygens (including phenoxy) is 1. The molecule has 0 saturated heterocycles. The Morgan fingerprint density at radius 3 is 3.00 bits per heavy atom. The Kier molecular flexibility index (Phi) is 0.759. The van der Waals surface area contributed by atoms with Crippen LogP contribution in [0.5, 0.6) is 0 Å². The first-order chi connectivity index (χ1) is 2.89. The predicted molar refractivity (Wildman–Crippen MR) is 20.5 cm³/mol. The van der Waals surface area contributed by atoms with Gasteiger partial charge in [0.2, 0.25) is 0 Å². The number of hydrogen-bond acceptors (Lipinski definition) is 3. The maximum absolute atomic E-state index is 8.41. The van der Waals surface area contributed by atoms with Crippen LogP contribution in [-0.2, 0) is 4.74 Å². The second kappa shape index (κ2) is 1.26. The molecule has 1 unspecified atom stereocenters. The van der Waals surface area contributed by atoms with Crippen LogP contribution in [0.25, 0.3) is 0 Å². The molecule has 0 aromatic carbocycles. The molecule has 0 spiro atoms. The van der Waals surface area contributed by atoms with Crippen LogP contribution in [0.15, 0.2) is 4.99 Å². The number of rotatable bonds is 0. The molecular weight excluding hydrogens is 82.0 g/mol. The quantitative estimate of drug-likeness (QED) is 0.427. The Bertz CT molecular complexity index is 71.2. The van der Waals surface area contributed by atoms with Gasteiger partial charge in [-0.3, -0.25) is 0 Å². The Morgan fingerprint density at radius 2 is 2.83 bits per heavy atom. The molecule has 1 N–H and O–H groups in total. The lowest BCUT2D eigenvalue weighted by atomic mass is 10.7. The average molecular weight is 87.1 g/mol. The summed E-state index contributed by atoms with van der Waals surface area (Å²) < 4.78 is 4.52. The first-order valence-electron chi connectivity index (χ1n) is 1.71. The van der Waals surface area contributed by atoms with E-state index in [4.69, 9.17) is 5.11 Å². The summed E-state index contributed by atoms with van der Waals surface area (Å²) in [6, 6.07) is 0. The second-order valence-corrected chi connectivity index (χ2v) is 1.07. The smallest absolute Gasteiger partial charge is 0.182 e. The number of nitrogens with zero attached hydrogens (tertiary/aromatic N) is 1. The van der Waals surface area contributed by atoms with Crippen LogP contribution in [-0.4, -0.2) is 24.3 Å². The SMILES string of the molecule is OC1COC=N1. The van der Waals surface area contributed by atoms with E-state index in [-0.39, 0.29) is 0 Å². The molecule has 0 aromatic rings. The van der Waals surface area contributed by atoms with Crippen LogP contribution in [0.3, 0.4) is 0 Å². The second-order valence-electron chi connectivity index (χ2n) is 1.07. The highest BCUT2D eigenvalue weighted by molar-refractivity contribution is 5.48. The molecule has 0 radical (unpaired) electrons. The normalized spacial score (nSPS) is 30.5. The Labute approximate surface area is 35.3 Å². The van der Waals surface area contributed by atoms with Gasteiger partial charge < -0.3 is 9.84 Å². The molecule has 34 valence electrons. The molecule has 1 rings (SSSR count). The van der Waals surface area contributed by atoms with E-state index in [0.717, 1.165) is 0 Å². The summed E-state index contributed by atoms with van der Waals surface area (Å²) in [5, 5.41) is 8.41. The van der Waals surface area contributed by atoms with Gasteiger partial charge in [0.1, 0.15) is 6.61 Å². The third-order valence-electron chi connectivity index (χ3n) is 0.553. The zero-order valence-corrected chi connectivity index (χ0v) is 3.16. The van der Waals surface area contributed by atoms with Gasteiger partial charge in [0.25, 0.3) is 0 Å². The van der Waals surface area contributed by atoms with Crippen molar-refractivity contribution < 1.29 is 9.84 Å². The number of aliphatic hydroxyl groups is 1. The van der Waals surface area contributed by atoms with Gasteiger partial charge in [0.05, 0.1) is 0 Å². The van der Waals surface area contributed by atoms with E-state index in [1.165, 1.54) is 6.40 Å². The lowest BCUT2D eigenvalue weighted by molar-refractivity contribution is 0.141. The van der Waals surface area contributed by atoms with Crippen LogP contribution < -0.4 is 0 Å². The van der Waals surface area contributed by atoms with Crippen molar-refractivity contribution in [2.24, 2.45) is 4.99 Å². The van der Waals surface area contributed by atoms with Gasteiger partial charge in [0.15, 0.2) is 12.6 Å². The molecule has 3 heteroatoms. The van der Waals surface area contributed by atoms with E-state index in [0.29, 0.717) is 6.61 Å². The summed E-state index contributed by atoms with van der Waals surface area (Å²) >= 11 is 0. The summed E-state index contributed by atoms with van der Waals surface area (Å²) in [5.41, 5.74) is 0. The van der Waals surface area contributed by atoms with Crippen molar-refractivity contribution in [1.82, 2.24) is 0 Å². The largest absolute Gasteiger partial charge is 0.479 e. The van der Waals surface area contributed by atoms with Crippen molar-refractivity contribution in [1.29, 1.82) is 0 Å². The molecule has 0 bridgehead atoms. The molecule has 1 aliphatic heterocycles. The standard InChI is InChI=1S/C3H5NO2/c5-3-1-6-2-4-3/h2-3,5H,1H2. The lowest BCUT2D eigenvalue weighted by Crippen LogP contribution is -2.01. The molecule has 0 fully saturated rings. The molecule has 1 aliphatic rings. The number of hydrogen-bond donors (Lipinski definition) is 1. The van der Waals surface area contributed by atoms with Crippen molar-refractivity contribution in [3.05, 3.63) is 0 Å². The minimum atomic E-state index is -0.606. The van der Waals surface area contributed by atoms with Gasteiger partial charge >= 0.3 is 0 Å². The van der Waals surface area contributed by atoms with E-state index in [9.17, 15) is 0 Å². The monoisotopic (exact) mass is 87.0 g/mol. The highest BCUT2D eigenvalue weighted by atomic mass is 16.5. The third kappa shape index (κ3) is 0.490. The van der Waals surface area contributed by atoms with Crippen LogP contribution in [0.2, 0.25) is 0 Å². The van der Waals surface area contributed by atoms with Gasteiger partial charge in [0, 0.05) is 0 Å². The van der Waals surface area contributed by atoms with Gasteiger partial charge in [-0.15, -0.1) is 0 Å². The molecular formula is C3H5NO2. The van der Waals surface area contributed by atoms with Crippen LogP contribution in [0.4, 0.5) is 0 Å². The molecule has 1 heterocycles. The molecule has 0 saturated carbocycles. The Hall–Kier alpha value is -0.570. The van der Waals surface area contributed by atoms with Gasteiger partial charge in [-0.25, -0.2) is 4.99 Å². The molecule has 0 amide bonds. The highest BCUT2D eigenvalue weighted by Gasteiger charge is 2.02. The van der Waals surface area contributed by atoms with E-state index in [1.807, 2.05) is 0 Å². The van der Waals surface area contributed by atoms with Gasteiger partial charge in [-0.05, 0) is 0 Å². The molecule has 6 heavy (non-hydrogen) atoms. The number of aliphatic imine (C=N–C) groups is 1. The molecule has 3 nitrogen and oxygen atoms in total. The fourth-order valence-corrected chi connectivity index (χ4v) is 0.285. The summed E-state index contributed by atoms with van der Waals surface area (Å²) in [6.45, 7) is 0.319. The van der Waals surface area contributed by atoms with E-state index in [2.05, 4.69) is 9.73 Å². The summed E-state index contributed by atoms with van der Waals surface area (Å²) in [5.74, 6) is 0. The first kappa shape index (κ1) is 3.61. The topological polar surface area (TPSA) is 41.8 Å². The summed E-state index contributed by atoms with van der Waals surface area (Å²) in [7, 11) is 0. The number of aliphatic hydroxyl groups excluding tert-OH is 1. The van der Waals surface area contributed by atoms with Crippen molar-refractivity contribution in [2.45, 2.75) is 6.23 Å². The summed E-state index contributed by atoms with van der Waals surface area (Å²) in [4.78, 5) is 3.44. The average Bonchev–Trinajstić information content (AvgIpc) is 1.86. The fourth-order valence-electron chi connectivity index (χ4n) is 0.285. The van der Waals surface area contributed by atoms with Gasteiger partial charge in [-0.1, -0.05) is 0 Å². The van der Waals surface area contributed by atoms with E-state index in [1.54, 1.807) is 0 Å². The van der Waals surface area contributed by atoms with Crippen molar-refractivity contribution in [3.63, 3.8) is 0 Å². The Balaban J connectivity index is 2.38. The Morgan fingerprint density at radius 1 is 2.00 bits per heavy atom. The van der Waals surface area contributed by atoms with Crippen LogP contribution >= 0.6 is 0 Å². The molecule has 1 atom stereocenters. The van der Waals surface area contributed by atoms with Crippen molar-refractivity contribution in [2.75, 3.05) is 6.61 Å². The van der Waals surface area contributed by atoms with Crippen LogP contribution in [0.1, 0.15) is 0 Å². The minimum absolute atomic E-state index is 0.319.